The Kier molecular flexibility index (Phi) is 1.81. The van der Waals surface area contributed by atoms with Crippen molar-refractivity contribution in [2.45, 2.75) is 6.92 Å². The summed E-state index contributed by atoms with van der Waals surface area (Å²) in [5.41, 5.74) is 0.738. The van der Waals surface area contributed by atoms with Crippen LogP contribution in [0.1, 0.15) is 15.4 Å². The average Bonchev–Trinajstić information content (AvgIpc) is 2.77. The molecule has 1 fully saturated rings. The molecule has 0 aromatic carbocycles. The van der Waals surface area contributed by atoms with Crippen molar-refractivity contribution in [2.24, 2.45) is 0 Å². The normalized spacial score (nSPS) is 15.0. The second-order valence-electron chi connectivity index (χ2n) is 2.67. The highest BCUT2D eigenvalue weighted by molar-refractivity contribution is 7.17. The van der Waals surface area contributed by atoms with E-state index in [0.717, 1.165) is 18.8 Å². The van der Waals surface area contributed by atoms with E-state index in [0.29, 0.717) is 9.34 Å². The summed E-state index contributed by atoms with van der Waals surface area (Å²) >= 11 is 6.93. The van der Waals surface area contributed by atoms with Crippen LogP contribution in [0.4, 0.5) is 0 Å². The molecule has 12 heavy (non-hydrogen) atoms. The molecule has 0 aliphatic carbocycles. The monoisotopic (exact) mass is 202 g/mol. The zero-order chi connectivity index (χ0) is 8.72. The molecule has 2 heterocycles. The molecule has 0 saturated carbocycles. The van der Waals surface area contributed by atoms with Gasteiger partial charge in [-0.2, -0.15) is 0 Å². The molecule has 5 heteroatoms. The van der Waals surface area contributed by atoms with Crippen LogP contribution < -0.4 is 0 Å². The number of carbonyl (C=O) groups excluding carboxylic acids is 1. The minimum Gasteiger partial charge on any atom is -0.334 e. The van der Waals surface area contributed by atoms with Crippen LogP contribution in [0.2, 0.25) is 4.47 Å². The van der Waals surface area contributed by atoms with Crippen molar-refractivity contribution in [1.29, 1.82) is 0 Å². The van der Waals surface area contributed by atoms with Crippen molar-refractivity contribution in [3.63, 3.8) is 0 Å². The summed E-state index contributed by atoms with van der Waals surface area (Å²) in [5.74, 6) is 0.0666. The van der Waals surface area contributed by atoms with Crippen molar-refractivity contribution in [2.75, 3.05) is 13.1 Å². The van der Waals surface area contributed by atoms with E-state index in [-0.39, 0.29) is 5.91 Å². The topological polar surface area (TPSA) is 33.0 Å². The van der Waals surface area contributed by atoms with Gasteiger partial charge in [-0.1, -0.05) is 22.9 Å². The number of aryl methyl sites for hydroxylation is 1. The Morgan fingerprint density at radius 2 is 2.33 bits per heavy atom. The van der Waals surface area contributed by atoms with E-state index in [2.05, 4.69) is 4.98 Å². The first-order valence-electron chi connectivity index (χ1n) is 3.60. The van der Waals surface area contributed by atoms with Crippen LogP contribution in [0.3, 0.4) is 0 Å². The van der Waals surface area contributed by atoms with Gasteiger partial charge < -0.3 is 4.90 Å². The minimum absolute atomic E-state index is 0.0666. The van der Waals surface area contributed by atoms with Crippen molar-refractivity contribution in [3.05, 3.63) is 15.0 Å². The van der Waals surface area contributed by atoms with Gasteiger partial charge in [0.25, 0.3) is 5.91 Å². The molecule has 64 valence electrons. The molecule has 3 nitrogen and oxygen atoms in total. The number of aromatic nitrogens is 1. The lowest BCUT2D eigenvalue weighted by atomic mass is 10.4. The fourth-order valence-corrected chi connectivity index (χ4v) is 2.08. The summed E-state index contributed by atoms with van der Waals surface area (Å²) in [7, 11) is 0. The van der Waals surface area contributed by atoms with E-state index in [9.17, 15) is 4.79 Å². The molecule has 0 spiro atoms. The number of nitrogens with zero attached hydrogens (tertiary/aromatic N) is 2. The first-order valence-corrected chi connectivity index (χ1v) is 4.80. The highest BCUT2D eigenvalue weighted by Gasteiger charge is 2.28. The van der Waals surface area contributed by atoms with E-state index in [1.54, 1.807) is 11.8 Å². The third-order valence-corrected chi connectivity index (χ3v) is 2.95. The number of rotatable bonds is 1. The molecule has 1 aromatic heterocycles. The lowest BCUT2D eigenvalue weighted by Crippen LogP contribution is -2.09. The quantitative estimate of drug-likeness (QED) is 0.648. The summed E-state index contributed by atoms with van der Waals surface area (Å²) in [6.07, 6.45) is 0. The smallest absolute Gasteiger partial charge is 0.266 e. The van der Waals surface area contributed by atoms with E-state index in [1.807, 2.05) is 0 Å². The Hall–Kier alpha value is -0.610. The van der Waals surface area contributed by atoms with E-state index < -0.39 is 0 Å². The lowest BCUT2D eigenvalue weighted by Gasteiger charge is -1.96. The van der Waals surface area contributed by atoms with E-state index >= 15 is 0 Å². The molecule has 0 atom stereocenters. The Labute approximate surface area is 79.0 Å². The third kappa shape index (κ3) is 1.32. The molecule has 1 saturated heterocycles. The third-order valence-electron chi connectivity index (χ3n) is 1.70. The van der Waals surface area contributed by atoms with Crippen LogP contribution in [0.5, 0.6) is 0 Å². The number of carbonyl (C=O) groups is 1. The maximum absolute atomic E-state index is 11.5. The van der Waals surface area contributed by atoms with Gasteiger partial charge in [0.05, 0.1) is 5.69 Å². The maximum Gasteiger partial charge on any atom is 0.266 e. The maximum atomic E-state index is 11.5. The zero-order valence-electron chi connectivity index (χ0n) is 6.50. The van der Waals surface area contributed by atoms with Crippen LogP contribution in [-0.4, -0.2) is 28.9 Å². The van der Waals surface area contributed by atoms with E-state index in [1.165, 1.54) is 11.3 Å². The highest BCUT2D eigenvalue weighted by atomic mass is 35.5. The van der Waals surface area contributed by atoms with Gasteiger partial charge in [0.2, 0.25) is 0 Å². The minimum atomic E-state index is 0.0666. The second kappa shape index (κ2) is 2.71. The van der Waals surface area contributed by atoms with Gasteiger partial charge in [-0.15, -0.1) is 0 Å². The Bertz CT molecular complexity index is 332. The van der Waals surface area contributed by atoms with Crippen LogP contribution in [0, 0.1) is 6.92 Å². The van der Waals surface area contributed by atoms with Crippen LogP contribution in [0.15, 0.2) is 0 Å². The molecule has 1 aliphatic rings. The molecular weight excluding hydrogens is 196 g/mol. The Balaban J connectivity index is 2.31. The van der Waals surface area contributed by atoms with E-state index in [4.69, 9.17) is 11.6 Å². The van der Waals surface area contributed by atoms with Gasteiger partial charge in [0.1, 0.15) is 4.88 Å². The van der Waals surface area contributed by atoms with Gasteiger partial charge in [-0.05, 0) is 6.92 Å². The van der Waals surface area contributed by atoms with Crippen LogP contribution >= 0.6 is 22.9 Å². The van der Waals surface area contributed by atoms with Crippen molar-refractivity contribution >= 4 is 28.8 Å². The van der Waals surface area contributed by atoms with Crippen LogP contribution in [0.25, 0.3) is 0 Å². The fraction of sp³-hybridized carbons (Fsp3) is 0.429. The second-order valence-corrected chi connectivity index (χ2v) is 4.25. The zero-order valence-corrected chi connectivity index (χ0v) is 8.08. The lowest BCUT2D eigenvalue weighted by molar-refractivity contribution is 0.0889. The van der Waals surface area contributed by atoms with Gasteiger partial charge in [0.15, 0.2) is 4.47 Å². The van der Waals surface area contributed by atoms with Gasteiger partial charge >= 0.3 is 0 Å². The number of hydrogen-bond donors (Lipinski definition) is 0. The molecule has 0 N–H and O–H groups in total. The fourth-order valence-electron chi connectivity index (χ4n) is 0.959. The summed E-state index contributed by atoms with van der Waals surface area (Å²) in [6, 6.07) is 0. The standard InChI is InChI=1S/C7H7ClN2OS/c1-4-5(12-7(8)9-4)6(11)10-2-3-10/h2-3H2,1H3. The van der Waals surface area contributed by atoms with Crippen LogP contribution in [-0.2, 0) is 0 Å². The average molecular weight is 203 g/mol. The first-order chi connectivity index (χ1) is 5.68. The summed E-state index contributed by atoms with van der Waals surface area (Å²) in [4.78, 5) is 17.9. The molecule has 1 amide bonds. The predicted octanol–water partition coefficient (Wildman–Crippen LogP) is 1.56. The van der Waals surface area contributed by atoms with Gasteiger partial charge in [0, 0.05) is 13.1 Å². The number of hydrogen-bond acceptors (Lipinski definition) is 3. The number of amides is 1. The Morgan fingerprint density at radius 3 is 2.75 bits per heavy atom. The Morgan fingerprint density at radius 1 is 1.67 bits per heavy atom. The molecule has 0 bridgehead atoms. The molecule has 0 radical (unpaired) electrons. The van der Waals surface area contributed by atoms with Gasteiger partial charge in [-0.3, -0.25) is 4.79 Å². The van der Waals surface area contributed by atoms with Gasteiger partial charge in [-0.25, -0.2) is 4.98 Å². The molecule has 1 aromatic rings. The summed E-state index contributed by atoms with van der Waals surface area (Å²) in [5, 5.41) is 0. The number of halogens is 1. The van der Waals surface area contributed by atoms with Crippen molar-refractivity contribution < 1.29 is 4.79 Å². The number of thiazole rings is 1. The van der Waals surface area contributed by atoms with Crippen molar-refractivity contribution in [1.82, 2.24) is 9.88 Å². The predicted molar refractivity (Wildman–Crippen MR) is 47.8 cm³/mol. The van der Waals surface area contributed by atoms with Crippen molar-refractivity contribution in [3.8, 4) is 0 Å². The molecule has 0 unspecified atom stereocenters. The summed E-state index contributed by atoms with van der Waals surface area (Å²) in [6.45, 7) is 3.54. The summed E-state index contributed by atoms with van der Waals surface area (Å²) < 4.78 is 0.442. The molecule has 2 rings (SSSR count). The molecular formula is C7H7ClN2OS. The highest BCUT2D eigenvalue weighted by Crippen LogP contribution is 2.25. The SMILES string of the molecule is Cc1nc(Cl)sc1C(=O)N1CC1. The first kappa shape index (κ1) is 8.01. The molecule has 1 aliphatic heterocycles. The largest absolute Gasteiger partial charge is 0.334 e.